The fourth-order valence-corrected chi connectivity index (χ4v) is 3.48. The molecule has 0 spiro atoms. The lowest BCUT2D eigenvalue weighted by atomic mass is 9.97. The van der Waals surface area contributed by atoms with Gasteiger partial charge >= 0.3 is 0 Å². The van der Waals surface area contributed by atoms with Crippen LogP contribution < -0.4 is 10.6 Å². The van der Waals surface area contributed by atoms with E-state index in [9.17, 15) is 0 Å². The van der Waals surface area contributed by atoms with Crippen molar-refractivity contribution in [3.63, 3.8) is 0 Å². The number of aryl methyl sites for hydroxylation is 1. The van der Waals surface area contributed by atoms with Gasteiger partial charge in [-0.3, -0.25) is 9.89 Å². The number of hydrogen-bond acceptors (Lipinski definition) is 4. The largest absolute Gasteiger partial charge is 0.356 e. The molecule has 136 valence electrons. The highest BCUT2D eigenvalue weighted by Crippen LogP contribution is 2.19. The highest BCUT2D eigenvalue weighted by Gasteiger charge is 2.20. The molecule has 1 unspecified atom stereocenters. The molecule has 1 aromatic rings. The van der Waals surface area contributed by atoms with Crippen LogP contribution in [-0.4, -0.2) is 48.6 Å². The number of piperidine rings is 1. The van der Waals surface area contributed by atoms with Gasteiger partial charge in [-0.25, -0.2) is 4.98 Å². The summed E-state index contributed by atoms with van der Waals surface area (Å²) in [6.07, 6.45) is 2.49. The number of thiazole rings is 1. The van der Waals surface area contributed by atoms with E-state index in [1.54, 1.807) is 11.3 Å². The summed E-state index contributed by atoms with van der Waals surface area (Å²) in [5.74, 6) is 2.25. The van der Waals surface area contributed by atoms with Crippen molar-refractivity contribution >= 4 is 17.3 Å². The molecule has 2 heterocycles. The minimum Gasteiger partial charge on any atom is -0.356 e. The Hall–Kier alpha value is -1.14. The van der Waals surface area contributed by atoms with Crippen LogP contribution in [0, 0.1) is 18.8 Å². The third-order valence-electron chi connectivity index (χ3n) is 4.91. The molecular formula is C18H33N5S. The van der Waals surface area contributed by atoms with E-state index in [0.29, 0.717) is 12.0 Å². The Labute approximate surface area is 151 Å². The fourth-order valence-electron chi connectivity index (χ4n) is 2.88. The fraction of sp³-hybridized carbons (Fsp3) is 0.778. The minimum absolute atomic E-state index is 0.430. The van der Waals surface area contributed by atoms with Crippen molar-refractivity contribution in [3.05, 3.63) is 16.1 Å². The molecule has 0 radical (unpaired) electrons. The Balaban J connectivity index is 1.68. The SMILES string of the molecule is CN=C(NCC1CCN(Cc2csc(C)n2)CC1)NC(C)C(C)C. The lowest BCUT2D eigenvalue weighted by Gasteiger charge is -2.32. The molecular weight excluding hydrogens is 318 g/mol. The minimum atomic E-state index is 0.430. The summed E-state index contributed by atoms with van der Waals surface area (Å²) >= 11 is 1.75. The number of hydrogen-bond donors (Lipinski definition) is 2. The quantitative estimate of drug-likeness (QED) is 0.611. The average molecular weight is 352 g/mol. The van der Waals surface area contributed by atoms with Gasteiger partial charge in [0.15, 0.2) is 5.96 Å². The van der Waals surface area contributed by atoms with Crippen LogP contribution in [0.2, 0.25) is 0 Å². The molecule has 6 heteroatoms. The maximum atomic E-state index is 4.58. The van der Waals surface area contributed by atoms with Crippen molar-refractivity contribution in [1.29, 1.82) is 0 Å². The third-order valence-corrected chi connectivity index (χ3v) is 5.73. The van der Waals surface area contributed by atoms with Crippen molar-refractivity contribution in [3.8, 4) is 0 Å². The molecule has 2 rings (SSSR count). The second kappa shape index (κ2) is 9.37. The highest BCUT2D eigenvalue weighted by atomic mass is 32.1. The number of guanidine groups is 1. The molecule has 1 fully saturated rings. The first-order valence-corrected chi connectivity index (χ1v) is 9.96. The van der Waals surface area contributed by atoms with Gasteiger partial charge in [0.1, 0.15) is 0 Å². The highest BCUT2D eigenvalue weighted by molar-refractivity contribution is 7.09. The second-order valence-corrected chi connectivity index (χ2v) is 8.27. The van der Waals surface area contributed by atoms with Crippen LogP contribution in [0.25, 0.3) is 0 Å². The molecule has 1 aliphatic rings. The van der Waals surface area contributed by atoms with Gasteiger partial charge in [-0.05, 0) is 51.6 Å². The van der Waals surface area contributed by atoms with Crippen LogP contribution in [-0.2, 0) is 6.54 Å². The zero-order valence-corrected chi connectivity index (χ0v) is 16.6. The maximum absolute atomic E-state index is 4.58. The van der Waals surface area contributed by atoms with Gasteiger partial charge in [0.05, 0.1) is 10.7 Å². The summed E-state index contributed by atoms with van der Waals surface area (Å²) in [7, 11) is 1.85. The number of rotatable bonds is 6. The van der Waals surface area contributed by atoms with Crippen molar-refractivity contribution in [1.82, 2.24) is 20.5 Å². The predicted molar refractivity (Wildman–Crippen MR) is 104 cm³/mol. The summed E-state index contributed by atoms with van der Waals surface area (Å²) in [6, 6.07) is 0.430. The second-order valence-electron chi connectivity index (χ2n) is 7.21. The van der Waals surface area contributed by atoms with Crippen LogP contribution >= 0.6 is 11.3 Å². The zero-order valence-electron chi connectivity index (χ0n) is 15.8. The van der Waals surface area contributed by atoms with Crippen LogP contribution in [0.15, 0.2) is 10.4 Å². The molecule has 0 saturated carbocycles. The number of likely N-dealkylation sites (tertiary alicyclic amines) is 1. The van der Waals surface area contributed by atoms with E-state index in [0.717, 1.165) is 38.1 Å². The summed E-state index contributed by atoms with van der Waals surface area (Å²) < 4.78 is 0. The molecule has 1 atom stereocenters. The molecule has 0 bridgehead atoms. The Bertz CT molecular complexity index is 517. The summed E-state index contributed by atoms with van der Waals surface area (Å²) in [4.78, 5) is 11.4. The normalized spacial score (nSPS) is 18.8. The molecule has 0 aliphatic carbocycles. The smallest absolute Gasteiger partial charge is 0.191 e. The molecule has 1 aromatic heterocycles. The van der Waals surface area contributed by atoms with Crippen molar-refractivity contribution in [2.75, 3.05) is 26.7 Å². The lowest BCUT2D eigenvalue weighted by Crippen LogP contribution is -2.46. The van der Waals surface area contributed by atoms with Gasteiger partial charge in [-0.15, -0.1) is 11.3 Å². The molecule has 0 aromatic carbocycles. The first-order valence-electron chi connectivity index (χ1n) is 9.08. The van der Waals surface area contributed by atoms with E-state index in [1.807, 2.05) is 7.05 Å². The third kappa shape index (κ3) is 6.06. The van der Waals surface area contributed by atoms with Gasteiger partial charge < -0.3 is 10.6 Å². The predicted octanol–water partition coefficient (Wildman–Crippen LogP) is 2.87. The molecule has 0 amide bonds. The van der Waals surface area contributed by atoms with Gasteiger partial charge in [0.25, 0.3) is 0 Å². The van der Waals surface area contributed by atoms with Crippen LogP contribution in [0.5, 0.6) is 0 Å². The number of nitrogens with one attached hydrogen (secondary N) is 2. The van der Waals surface area contributed by atoms with Gasteiger partial charge in [0, 0.05) is 31.6 Å². The topological polar surface area (TPSA) is 52.6 Å². The monoisotopic (exact) mass is 351 g/mol. The van der Waals surface area contributed by atoms with Crippen molar-refractivity contribution in [2.24, 2.45) is 16.8 Å². The van der Waals surface area contributed by atoms with Crippen molar-refractivity contribution < 1.29 is 0 Å². The molecule has 1 saturated heterocycles. The van der Waals surface area contributed by atoms with E-state index in [-0.39, 0.29) is 0 Å². The van der Waals surface area contributed by atoms with E-state index in [4.69, 9.17) is 0 Å². The molecule has 5 nitrogen and oxygen atoms in total. The number of nitrogens with zero attached hydrogens (tertiary/aromatic N) is 3. The standard InChI is InChI=1S/C18H33N5S/c1-13(2)14(3)21-18(19-5)20-10-16-6-8-23(9-7-16)11-17-12-24-15(4)22-17/h12-14,16H,6-11H2,1-5H3,(H2,19,20,21). The average Bonchev–Trinajstić information content (AvgIpc) is 2.97. The summed E-state index contributed by atoms with van der Waals surface area (Å²) in [5, 5.41) is 10.3. The summed E-state index contributed by atoms with van der Waals surface area (Å²) in [6.45, 7) is 13.1. The first-order chi connectivity index (χ1) is 11.5. The number of aromatic nitrogens is 1. The Morgan fingerprint density at radius 2 is 2.08 bits per heavy atom. The van der Waals surface area contributed by atoms with Gasteiger partial charge in [-0.1, -0.05) is 13.8 Å². The molecule has 1 aliphatic heterocycles. The van der Waals surface area contributed by atoms with Gasteiger partial charge in [0.2, 0.25) is 0 Å². The van der Waals surface area contributed by atoms with E-state index in [2.05, 4.69) is 58.6 Å². The molecule has 2 N–H and O–H groups in total. The lowest BCUT2D eigenvalue weighted by molar-refractivity contribution is 0.176. The maximum Gasteiger partial charge on any atom is 0.191 e. The van der Waals surface area contributed by atoms with Crippen molar-refractivity contribution in [2.45, 2.75) is 53.1 Å². The Morgan fingerprint density at radius 3 is 2.62 bits per heavy atom. The Kier molecular flexibility index (Phi) is 7.49. The Morgan fingerprint density at radius 1 is 1.38 bits per heavy atom. The van der Waals surface area contributed by atoms with E-state index >= 15 is 0 Å². The summed E-state index contributed by atoms with van der Waals surface area (Å²) in [5.41, 5.74) is 1.22. The molecule has 24 heavy (non-hydrogen) atoms. The van der Waals surface area contributed by atoms with E-state index < -0.39 is 0 Å². The van der Waals surface area contributed by atoms with E-state index in [1.165, 1.54) is 23.5 Å². The first kappa shape index (κ1) is 19.2. The van der Waals surface area contributed by atoms with Crippen LogP contribution in [0.3, 0.4) is 0 Å². The number of aliphatic imine (C=N–C) groups is 1. The zero-order chi connectivity index (χ0) is 17.5. The van der Waals surface area contributed by atoms with Gasteiger partial charge in [-0.2, -0.15) is 0 Å². The van der Waals surface area contributed by atoms with Crippen LogP contribution in [0.1, 0.15) is 44.3 Å². The van der Waals surface area contributed by atoms with Crippen LogP contribution in [0.4, 0.5) is 0 Å².